The van der Waals surface area contributed by atoms with Crippen LogP contribution < -0.4 is 16.2 Å². The number of hydrogen-bond acceptors (Lipinski definition) is 2. The third kappa shape index (κ3) is 6.34. The monoisotopic (exact) mass is 889 g/mol. The van der Waals surface area contributed by atoms with E-state index in [0.717, 1.165) is 18.5 Å². The van der Waals surface area contributed by atoms with Crippen LogP contribution in [0.1, 0.15) is 129 Å². The van der Waals surface area contributed by atoms with Crippen LogP contribution in [0.4, 0.5) is 11.4 Å². The Morgan fingerprint density at radius 2 is 1.27 bits per heavy atom. The van der Waals surface area contributed by atoms with Gasteiger partial charge in [0, 0.05) is 53.9 Å². The van der Waals surface area contributed by atoms with Crippen LogP contribution in [0.3, 0.4) is 0 Å². The Bertz CT molecular complexity index is 3540. The molecule has 0 fully saturated rings. The van der Waals surface area contributed by atoms with E-state index in [0.29, 0.717) is 0 Å². The van der Waals surface area contributed by atoms with E-state index in [4.69, 9.17) is 0 Å². The first-order valence-corrected chi connectivity index (χ1v) is 25.4. The average molecular weight is 890 g/mol. The maximum atomic E-state index is 4.13. The van der Waals surface area contributed by atoms with E-state index < -0.39 is 0 Å². The van der Waals surface area contributed by atoms with E-state index in [9.17, 15) is 0 Å². The summed E-state index contributed by atoms with van der Waals surface area (Å²) in [5.41, 5.74) is 23.6. The van der Waals surface area contributed by atoms with Crippen molar-refractivity contribution in [3.8, 4) is 38.4 Å². The first-order chi connectivity index (χ1) is 31.7. The lowest BCUT2D eigenvalue weighted by Crippen LogP contribution is -2.39. The highest BCUT2D eigenvalue weighted by atomic mass is 32.1. The molecule has 0 atom stereocenters. The molecule has 0 saturated heterocycles. The highest BCUT2D eigenvalue weighted by molar-refractivity contribution is 7.22. The van der Waals surface area contributed by atoms with E-state index in [1.807, 2.05) is 11.3 Å². The lowest BCUT2D eigenvalue weighted by molar-refractivity contribution is 0.332. The van der Waals surface area contributed by atoms with Crippen LogP contribution in [-0.2, 0) is 27.1 Å². The number of aromatic nitrogens is 1. The standard InChI is InChI=1S/C63H62BN2S/c1-59(2,3)38-22-25-40(26-23-38)65-48-34-46-45(61(7,8)28-29-62(46,9)10)33-42(48)55-56-53(41-20-16-17-21-44(41)63(56,11)12)54-43-32-39(60(4,5)6)24-27-49(43)66-50-35-52-37(30-47(50)64-57(55)58(54)66)31-51(67-52)36-18-14-13-15-19-36/h13-27,30-35,65H,28-29H2,1-12H3. The average Bonchev–Trinajstić information content (AvgIpc) is 3.93. The molecule has 0 saturated carbocycles. The molecule has 2 nitrogen and oxygen atoms in total. The lowest BCUT2D eigenvalue weighted by Gasteiger charge is -2.43. The van der Waals surface area contributed by atoms with Crippen molar-refractivity contribution in [1.82, 2.24) is 4.57 Å². The summed E-state index contributed by atoms with van der Waals surface area (Å²) in [5, 5.41) is 8.13. The third-order valence-corrected chi connectivity index (χ3v) is 17.3. The van der Waals surface area contributed by atoms with Crippen molar-refractivity contribution in [3.63, 3.8) is 0 Å². The van der Waals surface area contributed by atoms with Gasteiger partial charge in [-0.2, -0.15) is 0 Å². The van der Waals surface area contributed by atoms with E-state index in [2.05, 4.69) is 228 Å². The van der Waals surface area contributed by atoms with Crippen molar-refractivity contribution in [2.75, 3.05) is 5.32 Å². The second-order valence-corrected chi connectivity index (χ2v) is 25.1. The third-order valence-electron chi connectivity index (χ3n) is 16.2. The number of benzene rings is 7. The number of hydrogen-bond donors (Lipinski definition) is 1. The summed E-state index contributed by atoms with van der Waals surface area (Å²) in [7, 11) is 2.58. The predicted molar refractivity (Wildman–Crippen MR) is 292 cm³/mol. The summed E-state index contributed by atoms with van der Waals surface area (Å²) in [6.07, 6.45) is 2.31. The SMILES string of the molecule is CC(C)(C)c1ccc(Nc2cc3c(cc2-c2c4c(c5c6cc(C(C)(C)C)ccc6n6c5c2[B]c2cc5cc(-c7ccccc7)sc5cc2-6)-c2ccccc2C4(C)C)C(C)(C)CCC3(C)C)cc1. The van der Waals surface area contributed by atoms with E-state index in [1.54, 1.807) is 0 Å². The smallest absolute Gasteiger partial charge is 0.197 e. The predicted octanol–water partition coefficient (Wildman–Crippen LogP) is 16.3. The summed E-state index contributed by atoms with van der Waals surface area (Å²) < 4.78 is 3.97. The Morgan fingerprint density at radius 3 is 1.97 bits per heavy atom. The zero-order valence-corrected chi connectivity index (χ0v) is 42.3. The lowest BCUT2D eigenvalue weighted by atomic mass is 9.56. The molecule has 12 rings (SSSR count). The Morgan fingerprint density at radius 1 is 0.612 bits per heavy atom. The van der Waals surface area contributed by atoms with Gasteiger partial charge in [-0.05, 0) is 150 Å². The molecule has 3 aliphatic rings. The van der Waals surface area contributed by atoms with E-state index in [-0.39, 0.29) is 27.1 Å². The summed E-state index contributed by atoms with van der Waals surface area (Å²) in [6.45, 7) is 28.8. The van der Waals surface area contributed by atoms with Crippen LogP contribution in [0.2, 0.25) is 0 Å². The van der Waals surface area contributed by atoms with Gasteiger partial charge in [-0.3, -0.25) is 0 Å². The molecule has 1 radical (unpaired) electrons. The molecule has 9 aromatic rings. The number of nitrogens with zero attached hydrogens (tertiary/aromatic N) is 1. The van der Waals surface area contributed by atoms with Gasteiger partial charge in [-0.25, -0.2) is 0 Å². The van der Waals surface area contributed by atoms with Crippen LogP contribution in [0, 0.1) is 0 Å². The van der Waals surface area contributed by atoms with Gasteiger partial charge in [0.1, 0.15) is 0 Å². The van der Waals surface area contributed by atoms with Crippen molar-refractivity contribution in [3.05, 3.63) is 161 Å². The minimum Gasteiger partial charge on any atom is -0.355 e. The molecule has 7 aromatic carbocycles. The van der Waals surface area contributed by atoms with E-state index in [1.165, 1.54) is 120 Å². The molecule has 0 bridgehead atoms. The molecule has 4 heteroatoms. The molecule has 2 aliphatic carbocycles. The summed E-state index contributed by atoms with van der Waals surface area (Å²) in [5.74, 6) is 0. The van der Waals surface area contributed by atoms with Crippen molar-refractivity contribution >= 4 is 72.8 Å². The highest BCUT2D eigenvalue weighted by Gasteiger charge is 2.44. The Hall–Kier alpha value is -5.84. The fourth-order valence-corrected chi connectivity index (χ4v) is 13.2. The van der Waals surface area contributed by atoms with Gasteiger partial charge < -0.3 is 9.88 Å². The fraction of sp³-hybridized carbons (Fsp3) is 0.302. The minimum atomic E-state index is -0.283. The molecular formula is C63H62BN2S. The number of thiophene rings is 1. The van der Waals surface area contributed by atoms with Gasteiger partial charge in [0.25, 0.3) is 0 Å². The second kappa shape index (κ2) is 14.1. The second-order valence-electron chi connectivity index (χ2n) is 24.0. The Kier molecular flexibility index (Phi) is 8.95. The number of anilines is 2. The fourth-order valence-electron chi connectivity index (χ4n) is 12.2. The molecule has 1 N–H and O–H groups in total. The van der Waals surface area contributed by atoms with Gasteiger partial charge in [0.15, 0.2) is 7.28 Å². The maximum absolute atomic E-state index is 4.13. The zero-order chi connectivity index (χ0) is 46.7. The maximum Gasteiger partial charge on any atom is 0.197 e. The molecule has 1 aliphatic heterocycles. The molecule has 0 spiro atoms. The molecule has 2 aromatic heterocycles. The van der Waals surface area contributed by atoms with Crippen molar-refractivity contribution < 1.29 is 0 Å². The summed E-state index contributed by atoms with van der Waals surface area (Å²) in [4.78, 5) is 1.30. The molecule has 333 valence electrons. The van der Waals surface area contributed by atoms with Gasteiger partial charge in [0.05, 0.1) is 5.52 Å². The van der Waals surface area contributed by atoms with Crippen LogP contribution in [0.15, 0.2) is 127 Å². The summed E-state index contributed by atoms with van der Waals surface area (Å²) in [6, 6.07) is 49.3. The van der Waals surface area contributed by atoms with Crippen molar-refractivity contribution in [2.24, 2.45) is 0 Å². The van der Waals surface area contributed by atoms with E-state index >= 15 is 0 Å². The van der Waals surface area contributed by atoms with Gasteiger partial charge in [-0.15, -0.1) is 11.3 Å². The highest BCUT2D eigenvalue weighted by Crippen LogP contribution is 2.58. The number of rotatable bonds is 4. The molecule has 67 heavy (non-hydrogen) atoms. The number of fused-ring (bicyclic) bond motifs is 11. The van der Waals surface area contributed by atoms with Gasteiger partial charge >= 0.3 is 0 Å². The normalized spacial score (nSPS) is 16.4. The van der Waals surface area contributed by atoms with Crippen LogP contribution in [0.5, 0.6) is 0 Å². The zero-order valence-electron chi connectivity index (χ0n) is 41.5. The van der Waals surface area contributed by atoms with Crippen LogP contribution in [0.25, 0.3) is 70.3 Å². The Labute approximate surface area is 402 Å². The topological polar surface area (TPSA) is 17.0 Å². The van der Waals surface area contributed by atoms with Crippen LogP contribution >= 0.6 is 11.3 Å². The van der Waals surface area contributed by atoms with Crippen molar-refractivity contribution in [1.29, 1.82) is 0 Å². The van der Waals surface area contributed by atoms with Crippen molar-refractivity contribution in [2.45, 2.75) is 123 Å². The van der Waals surface area contributed by atoms with Gasteiger partial charge in [0.2, 0.25) is 0 Å². The summed E-state index contributed by atoms with van der Waals surface area (Å²) >= 11 is 1.90. The van der Waals surface area contributed by atoms with Crippen LogP contribution in [-0.4, -0.2) is 11.8 Å². The largest absolute Gasteiger partial charge is 0.355 e. The molecule has 0 amide bonds. The van der Waals surface area contributed by atoms with Gasteiger partial charge in [-0.1, -0.05) is 167 Å². The molecular weight excluding hydrogens is 828 g/mol. The Balaban J connectivity index is 1.24. The first-order valence-electron chi connectivity index (χ1n) is 24.5. The minimum absolute atomic E-state index is 0.0116. The first kappa shape index (κ1) is 42.5. The quantitative estimate of drug-likeness (QED) is 0.174. The number of nitrogens with one attached hydrogen (secondary N) is 1. The molecule has 3 heterocycles. The molecule has 0 unspecified atom stereocenters.